The van der Waals surface area contributed by atoms with E-state index in [4.69, 9.17) is 0 Å². The molecule has 1 aromatic rings. The summed E-state index contributed by atoms with van der Waals surface area (Å²) in [6.07, 6.45) is 30.3. The lowest BCUT2D eigenvalue weighted by Crippen LogP contribution is -2.47. The number of amides is 3. The summed E-state index contributed by atoms with van der Waals surface area (Å²) in [5.41, 5.74) is 0. The minimum absolute atomic E-state index is 0.0593. The van der Waals surface area contributed by atoms with Crippen LogP contribution in [0.1, 0.15) is 162 Å². The molecule has 248 valence electrons. The summed E-state index contributed by atoms with van der Waals surface area (Å²) in [5, 5.41) is 8.97. The number of hydrogen-bond acceptors (Lipinski definition) is 4. The van der Waals surface area contributed by atoms with E-state index in [0.29, 0.717) is 38.8 Å². The first-order valence-corrected chi connectivity index (χ1v) is 17.9. The molecule has 43 heavy (non-hydrogen) atoms. The number of aryl methyl sites for hydroxylation is 1. The zero-order valence-electron chi connectivity index (χ0n) is 27.8. The number of nitrogens with zero attached hydrogens (tertiary/aromatic N) is 2. The lowest BCUT2D eigenvalue weighted by Gasteiger charge is -2.19. The van der Waals surface area contributed by atoms with Crippen LogP contribution in [0.2, 0.25) is 0 Å². The second kappa shape index (κ2) is 28.4. The smallest absolute Gasteiger partial charge is 0.242 e. The van der Waals surface area contributed by atoms with Gasteiger partial charge in [0.1, 0.15) is 6.04 Å². The van der Waals surface area contributed by atoms with Gasteiger partial charge in [0.25, 0.3) is 0 Å². The van der Waals surface area contributed by atoms with Crippen molar-refractivity contribution < 1.29 is 14.4 Å². The molecule has 0 aliphatic rings. The van der Waals surface area contributed by atoms with Gasteiger partial charge in [-0.05, 0) is 32.1 Å². The molecule has 0 fully saturated rings. The van der Waals surface area contributed by atoms with Crippen molar-refractivity contribution in [2.24, 2.45) is 0 Å². The molecule has 1 atom stereocenters. The van der Waals surface area contributed by atoms with Gasteiger partial charge in [-0.25, -0.2) is 4.98 Å². The summed E-state index contributed by atoms with van der Waals surface area (Å²) >= 11 is 0. The van der Waals surface area contributed by atoms with Crippen LogP contribution in [0, 0.1) is 0 Å². The zero-order valence-corrected chi connectivity index (χ0v) is 27.8. The number of unbranched alkanes of at least 4 members (excludes halogenated alkanes) is 16. The van der Waals surface area contributed by atoms with E-state index in [1.807, 2.05) is 10.8 Å². The largest absolute Gasteiger partial charge is 0.356 e. The molecule has 1 rings (SSSR count). The van der Waals surface area contributed by atoms with Crippen molar-refractivity contribution in [3.05, 3.63) is 18.7 Å². The van der Waals surface area contributed by atoms with Crippen LogP contribution >= 0.6 is 0 Å². The van der Waals surface area contributed by atoms with Crippen molar-refractivity contribution in [2.45, 2.75) is 174 Å². The number of aromatic nitrogens is 2. The van der Waals surface area contributed by atoms with Gasteiger partial charge in [0, 0.05) is 44.9 Å². The maximum atomic E-state index is 13.0. The van der Waals surface area contributed by atoms with E-state index in [2.05, 4.69) is 34.8 Å². The van der Waals surface area contributed by atoms with E-state index < -0.39 is 6.04 Å². The first kappa shape index (κ1) is 38.6. The van der Waals surface area contributed by atoms with Crippen molar-refractivity contribution >= 4 is 17.7 Å². The lowest BCUT2D eigenvalue weighted by molar-refractivity contribution is -0.129. The first-order chi connectivity index (χ1) is 21.1. The van der Waals surface area contributed by atoms with E-state index >= 15 is 0 Å². The van der Waals surface area contributed by atoms with Crippen LogP contribution in [0.5, 0.6) is 0 Å². The molecule has 1 aromatic heterocycles. The molecule has 8 heteroatoms. The molecule has 0 aliphatic carbocycles. The van der Waals surface area contributed by atoms with Crippen molar-refractivity contribution in [2.75, 3.05) is 13.1 Å². The average Bonchev–Trinajstić information content (AvgIpc) is 3.52. The molecule has 0 aromatic carbocycles. The number of imidazole rings is 1. The molecular formula is C35H65N5O3. The van der Waals surface area contributed by atoms with E-state index in [0.717, 1.165) is 38.6 Å². The molecule has 0 aliphatic heterocycles. The Balaban J connectivity index is 2.29. The number of carbonyl (C=O) groups is 3. The molecule has 1 unspecified atom stereocenters. The van der Waals surface area contributed by atoms with Crippen LogP contribution in [-0.4, -0.2) is 46.4 Å². The molecule has 0 saturated carbocycles. The number of carbonyl (C=O) groups excluding carboxylic acids is 3. The SMILES string of the molecule is CCCCCCCCCCCC(=O)NCCCC(NC(=O)CCCCCCCCCCC)C(=O)NCCCn1ccnc1. The summed E-state index contributed by atoms with van der Waals surface area (Å²) in [7, 11) is 0. The van der Waals surface area contributed by atoms with Crippen molar-refractivity contribution in [1.82, 2.24) is 25.5 Å². The van der Waals surface area contributed by atoms with Crippen molar-refractivity contribution in [3.63, 3.8) is 0 Å². The number of rotatable bonds is 30. The fourth-order valence-electron chi connectivity index (χ4n) is 5.37. The van der Waals surface area contributed by atoms with Gasteiger partial charge >= 0.3 is 0 Å². The van der Waals surface area contributed by atoms with Gasteiger partial charge in [-0.3, -0.25) is 14.4 Å². The summed E-state index contributed by atoms with van der Waals surface area (Å²) in [5.74, 6) is -0.124. The van der Waals surface area contributed by atoms with E-state index in [9.17, 15) is 14.4 Å². The zero-order chi connectivity index (χ0) is 31.2. The Hall–Kier alpha value is -2.38. The Kier molecular flexibility index (Phi) is 25.5. The second-order valence-corrected chi connectivity index (χ2v) is 12.2. The average molecular weight is 604 g/mol. The molecule has 0 radical (unpaired) electrons. The summed E-state index contributed by atoms with van der Waals surface area (Å²) in [4.78, 5) is 42.0. The molecule has 8 nitrogen and oxygen atoms in total. The van der Waals surface area contributed by atoms with Crippen LogP contribution in [-0.2, 0) is 20.9 Å². The third kappa shape index (κ3) is 23.7. The summed E-state index contributed by atoms with van der Waals surface area (Å²) < 4.78 is 1.98. The highest BCUT2D eigenvalue weighted by Crippen LogP contribution is 2.12. The Morgan fingerprint density at radius 2 is 1.14 bits per heavy atom. The van der Waals surface area contributed by atoms with Gasteiger partial charge in [-0.1, -0.05) is 117 Å². The highest BCUT2D eigenvalue weighted by molar-refractivity contribution is 5.87. The Bertz CT molecular complexity index is 799. The summed E-state index contributed by atoms with van der Waals surface area (Å²) in [6, 6.07) is -0.575. The Morgan fingerprint density at radius 3 is 1.67 bits per heavy atom. The fraction of sp³-hybridized carbons (Fsp3) is 0.829. The molecule has 3 N–H and O–H groups in total. The Labute approximate surface area is 263 Å². The normalized spacial score (nSPS) is 11.8. The standard InChI is InChI=1S/C35H65N5O3/c1-3-5-7-9-11-13-15-17-19-24-33(41)37-26-21-23-32(35(43)38-27-22-29-40-30-28-36-31-40)39-34(42)25-20-18-16-14-12-10-8-6-4-2/h28,30-32H,3-27,29H2,1-2H3,(H,37,41)(H,38,43)(H,39,42). The summed E-state index contributed by atoms with van der Waals surface area (Å²) in [6.45, 7) is 6.32. The van der Waals surface area contributed by atoms with Crippen molar-refractivity contribution in [3.8, 4) is 0 Å². The predicted octanol–water partition coefficient (Wildman–Crippen LogP) is 7.61. The first-order valence-electron chi connectivity index (χ1n) is 17.9. The number of nitrogens with one attached hydrogen (secondary N) is 3. The molecule has 0 spiro atoms. The quantitative estimate of drug-likeness (QED) is 0.0787. The molecule has 0 saturated heterocycles. The van der Waals surface area contributed by atoms with Gasteiger partial charge in [-0.15, -0.1) is 0 Å². The predicted molar refractivity (Wildman–Crippen MR) is 178 cm³/mol. The number of hydrogen-bond donors (Lipinski definition) is 3. The fourth-order valence-corrected chi connectivity index (χ4v) is 5.37. The maximum Gasteiger partial charge on any atom is 0.242 e. The third-order valence-electron chi connectivity index (χ3n) is 8.11. The highest BCUT2D eigenvalue weighted by atomic mass is 16.2. The van der Waals surface area contributed by atoms with Crippen molar-refractivity contribution in [1.29, 1.82) is 0 Å². The van der Waals surface area contributed by atoms with Crippen LogP contribution in [0.3, 0.4) is 0 Å². The van der Waals surface area contributed by atoms with Crippen LogP contribution in [0.4, 0.5) is 0 Å². The topological polar surface area (TPSA) is 105 Å². The van der Waals surface area contributed by atoms with Crippen LogP contribution < -0.4 is 16.0 Å². The minimum atomic E-state index is -0.575. The monoisotopic (exact) mass is 604 g/mol. The highest BCUT2D eigenvalue weighted by Gasteiger charge is 2.20. The van der Waals surface area contributed by atoms with Gasteiger partial charge in [0.05, 0.1) is 6.33 Å². The molecule has 1 heterocycles. The van der Waals surface area contributed by atoms with Gasteiger partial charge in [0.2, 0.25) is 17.7 Å². The lowest BCUT2D eigenvalue weighted by atomic mass is 10.1. The molecule has 0 bridgehead atoms. The molecular weight excluding hydrogens is 538 g/mol. The van der Waals surface area contributed by atoms with Gasteiger partial charge in [0.15, 0.2) is 0 Å². The van der Waals surface area contributed by atoms with Gasteiger partial charge < -0.3 is 20.5 Å². The Morgan fingerprint density at radius 1 is 0.628 bits per heavy atom. The minimum Gasteiger partial charge on any atom is -0.356 e. The van der Waals surface area contributed by atoms with E-state index in [-0.39, 0.29) is 17.7 Å². The van der Waals surface area contributed by atoms with Crippen LogP contribution in [0.25, 0.3) is 0 Å². The van der Waals surface area contributed by atoms with E-state index in [1.165, 1.54) is 89.9 Å². The van der Waals surface area contributed by atoms with Crippen LogP contribution in [0.15, 0.2) is 18.7 Å². The van der Waals surface area contributed by atoms with Gasteiger partial charge in [-0.2, -0.15) is 0 Å². The van der Waals surface area contributed by atoms with E-state index in [1.54, 1.807) is 12.5 Å². The molecule has 3 amide bonds. The third-order valence-corrected chi connectivity index (χ3v) is 8.11. The second-order valence-electron chi connectivity index (χ2n) is 12.2. The maximum absolute atomic E-state index is 13.0.